The normalized spacial score (nSPS) is 31.1. The maximum absolute atomic E-state index is 11.1. The van der Waals surface area contributed by atoms with Crippen molar-refractivity contribution in [1.82, 2.24) is 9.80 Å². The molecule has 0 aromatic carbocycles. The second kappa shape index (κ2) is 5.99. The number of aliphatic carboxylic acids is 1. The van der Waals surface area contributed by atoms with Gasteiger partial charge in [0.05, 0.1) is 12.7 Å². The van der Waals surface area contributed by atoms with E-state index in [0.29, 0.717) is 6.04 Å². The lowest BCUT2D eigenvalue weighted by Gasteiger charge is -2.37. The molecule has 0 aromatic heterocycles. The standard InChI is InChI=1S/C13H24N2O3/c1-10(2)14-6-7-18-11(8-14)9-15-5-3-4-12(15)13(16)17/h10-12H,3-9H2,1-2H3,(H,16,17). The van der Waals surface area contributed by atoms with Gasteiger partial charge in [-0.15, -0.1) is 0 Å². The van der Waals surface area contributed by atoms with E-state index < -0.39 is 5.97 Å². The Hall–Kier alpha value is -0.650. The number of ether oxygens (including phenoxy) is 1. The average Bonchev–Trinajstić information content (AvgIpc) is 2.77. The molecule has 5 nitrogen and oxygen atoms in total. The van der Waals surface area contributed by atoms with Crippen molar-refractivity contribution in [2.75, 3.05) is 32.8 Å². The van der Waals surface area contributed by atoms with E-state index >= 15 is 0 Å². The molecule has 2 heterocycles. The Balaban J connectivity index is 1.87. The summed E-state index contributed by atoms with van der Waals surface area (Å²) in [5.41, 5.74) is 0. The van der Waals surface area contributed by atoms with Crippen molar-refractivity contribution < 1.29 is 14.6 Å². The molecule has 0 aromatic rings. The Bertz CT molecular complexity index is 296. The first kappa shape index (κ1) is 13.8. The second-order valence-electron chi connectivity index (χ2n) is 5.57. The van der Waals surface area contributed by atoms with Gasteiger partial charge in [-0.3, -0.25) is 14.6 Å². The Labute approximate surface area is 109 Å². The molecular formula is C13H24N2O3. The number of hydrogen-bond donors (Lipinski definition) is 1. The smallest absolute Gasteiger partial charge is 0.320 e. The fourth-order valence-corrected chi connectivity index (χ4v) is 2.91. The summed E-state index contributed by atoms with van der Waals surface area (Å²) in [6, 6.07) is 0.230. The van der Waals surface area contributed by atoms with Crippen molar-refractivity contribution in [2.45, 2.75) is 44.9 Å². The first-order valence-electron chi connectivity index (χ1n) is 6.90. The highest BCUT2D eigenvalue weighted by Crippen LogP contribution is 2.19. The third kappa shape index (κ3) is 3.22. The molecule has 0 saturated carbocycles. The molecule has 2 aliphatic heterocycles. The van der Waals surface area contributed by atoms with E-state index in [1.807, 2.05) is 0 Å². The first-order chi connectivity index (χ1) is 8.58. The Kier molecular flexibility index (Phi) is 4.59. The van der Waals surface area contributed by atoms with Crippen LogP contribution in [0.15, 0.2) is 0 Å². The van der Waals surface area contributed by atoms with Crippen LogP contribution in [0.1, 0.15) is 26.7 Å². The van der Waals surface area contributed by atoms with E-state index in [0.717, 1.165) is 45.6 Å². The fraction of sp³-hybridized carbons (Fsp3) is 0.923. The van der Waals surface area contributed by atoms with Gasteiger partial charge < -0.3 is 9.84 Å². The van der Waals surface area contributed by atoms with Gasteiger partial charge >= 0.3 is 5.97 Å². The van der Waals surface area contributed by atoms with Crippen LogP contribution in [0.5, 0.6) is 0 Å². The molecule has 2 atom stereocenters. The summed E-state index contributed by atoms with van der Waals surface area (Å²) in [7, 11) is 0. The number of carbonyl (C=O) groups is 1. The monoisotopic (exact) mass is 256 g/mol. The predicted molar refractivity (Wildman–Crippen MR) is 68.7 cm³/mol. The van der Waals surface area contributed by atoms with E-state index in [4.69, 9.17) is 9.84 Å². The van der Waals surface area contributed by atoms with E-state index in [1.54, 1.807) is 0 Å². The molecule has 5 heteroatoms. The number of likely N-dealkylation sites (tertiary alicyclic amines) is 1. The number of hydrogen-bond acceptors (Lipinski definition) is 4. The van der Waals surface area contributed by atoms with Crippen molar-refractivity contribution in [3.8, 4) is 0 Å². The lowest BCUT2D eigenvalue weighted by molar-refractivity contribution is -0.143. The zero-order valence-corrected chi connectivity index (χ0v) is 11.3. The zero-order valence-electron chi connectivity index (χ0n) is 11.3. The topological polar surface area (TPSA) is 53.0 Å². The minimum atomic E-state index is -0.691. The minimum Gasteiger partial charge on any atom is -0.480 e. The Morgan fingerprint density at radius 1 is 1.44 bits per heavy atom. The molecule has 18 heavy (non-hydrogen) atoms. The molecule has 2 unspecified atom stereocenters. The number of carboxylic acids is 1. The van der Waals surface area contributed by atoms with Gasteiger partial charge in [-0.2, -0.15) is 0 Å². The van der Waals surface area contributed by atoms with E-state index in [2.05, 4.69) is 23.6 Å². The number of carboxylic acid groups (broad SMARTS) is 1. The molecule has 2 rings (SSSR count). The van der Waals surface area contributed by atoms with E-state index in [-0.39, 0.29) is 12.1 Å². The van der Waals surface area contributed by atoms with Crippen molar-refractivity contribution in [1.29, 1.82) is 0 Å². The number of morpholine rings is 1. The lowest BCUT2D eigenvalue weighted by atomic mass is 10.2. The van der Waals surface area contributed by atoms with Crippen molar-refractivity contribution >= 4 is 5.97 Å². The molecule has 0 amide bonds. The van der Waals surface area contributed by atoms with Crippen molar-refractivity contribution in [3.63, 3.8) is 0 Å². The van der Waals surface area contributed by atoms with Crippen LogP contribution in [0.25, 0.3) is 0 Å². The van der Waals surface area contributed by atoms with E-state index in [1.165, 1.54) is 0 Å². The quantitative estimate of drug-likeness (QED) is 0.800. The molecule has 1 N–H and O–H groups in total. The highest BCUT2D eigenvalue weighted by atomic mass is 16.5. The molecule has 0 bridgehead atoms. The van der Waals surface area contributed by atoms with Crippen LogP contribution in [0.3, 0.4) is 0 Å². The van der Waals surface area contributed by atoms with Crippen LogP contribution in [0, 0.1) is 0 Å². The molecule has 104 valence electrons. The molecule has 0 aliphatic carbocycles. The summed E-state index contributed by atoms with van der Waals surface area (Å²) in [6.45, 7) is 8.68. The van der Waals surface area contributed by atoms with Crippen LogP contribution in [-0.2, 0) is 9.53 Å². The summed E-state index contributed by atoms with van der Waals surface area (Å²) in [4.78, 5) is 15.6. The fourth-order valence-electron chi connectivity index (χ4n) is 2.91. The summed E-state index contributed by atoms with van der Waals surface area (Å²) in [6.07, 6.45) is 1.91. The predicted octanol–water partition coefficient (Wildman–Crippen LogP) is 0.645. The highest BCUT2D eigenvalue weighted by Gasteiger charge is 2.33. The van der Waals surface area contributed by atoms with Gasteiger partial charge in [-0.25, -0.2) is 0 Å². The van der Waals surface area contributed by atoms with Crippen LogP contribution in [0.2, 0.25) is 0 Å². The third-order valence-electron chi connectivity index (χ3n) is 3.99. The Morgan fingerprint density at radius 3 is 2.89 bits per heavy atom. The maximum atomic E-state index is 11.1. The first-order valence-corrected chi connectivity index (χ1v) is 6.90. The summed E-state index contributed by atoms with van der Waals surface area (Å²) in [5.74, 6) is -0.691. The van der Waals surface area contributed by atoms with Crippen LogP contribution in [-0.4, -0.2) is 71.8 Å². The Morgan fingerprint density at radius 2 is 2.22 bits per heavy atom. The van der Waals surface area contributed by atoms with Gasteiger partial charge in [0, 0.05) is 25.7 Å². The van der Waals surface area contributed by atoms with Gasteiger partial charge in [0.25, 0.3) is 0 Å². The third-order valence-corrected chi connectivity index (χ3v) is 3.99. The summed E-state index contributed by atoms with van der Waals surface area (Å²) >= 11 is 0. The number of rotatable bonds is 4. The van der Waals surface area contributed by atoms with Gasteiger partial charge in [-0.05, 0) is 33.2 Å². The second-order valence-corrected chi connectivity index (χ2v) is 5.57. The molecule has 0 spiro atoms. The van der Waals surface area contributed by atoms with Crippen molar-refractivity contribution in [3.05, 3.63) is 0 Å². The van der Waals surface area contributed by atoms with Crippen molar-refractivity contribution in [2.24, 2.45) is 0 Å². The average molecular weight is 256 g/mol. The van der Waals surface area contributed by atoms with Gasteiger partial charge in [-0.1, -0.05) is 0 Å². The van der Waals surface area contributed by atoms with Gasteiger partial charge in [0.15, 0.2) is 0 Å². The molecule has 2 fully saturated rings. The SMILES string of the molecule is CC(C)N1CCOC(CN2CCCC2C(=O)O)C1. The highest BCUT2D eigenvalue weighted by molar-refractivity contribution is 5.73. The van der Waals surface area contributed by atoms with Crippen LogP contribution in [0.4, 0.5) is 0 Å². The molecule has 2 saturated heterocycles. The van der Waals surface area contributed by atoms with Gasteiger partial charge in [0.2, 0.25) is 0 Å². The summed E-state index contributed by atoms with van der Waals surface area (Å²) < 4.78 is 5.77. The lowest BCUT2D eigenvalue weighted by Crippen LogP contribution is -2.51. The largest absolute Gasteiger partial charge is 0.480 e. The zero-order chi connectivity index (χ0) is 13.1. The van der Waals surface area contributed by atoms with E-state index in [9.17, 15) is 4.79 Å². The maximum Gasteiger partial charge on any atom is 0.320 e. The number of nitrogens with zero attached hydrogens (tertiary/aromatic N) is 2. The molecular weight excluding hydrogens is 232 g/mol. The van der Waals surface area contributed by atoms with Crippen LogP contribution < -0.4 is 0 Å². The van der Waals surface area contributed by atoms with Crippen LogP contribution >= 0.6 is 0 Å². The molecule has 0 radical (unpaired) electrons. The minimum absolute atomic E-state index is 0.154. The summed E-state index contributed by atoms with van der Waals surface area (Å²) in [5, 5.41) is 9.16. The molecule has 2 aliphatic rings. The van der Waals surface area contributed by atoms with Gasteiger partial charge in [0.1, 0.15) is 6.04 Å².